The van der Waals surface area contributed by atoms with Crippen LogP contribution in [0, 0.1) is 11.3 Å². The third-order valence-corrected chi connectivity index (χ3v) is 2.67. The summed E-state index contributed by atoms with van der Waals surface area (Å²) >= 11 is 0. The van der Waals surface area contributed by atoms with Gasteiger partial charge in [-0.2, -0.15) is 5.26 Å². The van der Waals surface area contributed by atoms with Gasteiger partial charge in [-0.3, -0.25) is 4.98 Å². The molecule has 90 valence electrons. The van der Waals surface area contributed by atoms with E-state index in [1.54, 1.807) is 12.3 Å². The smallest absolute Gasteiger partial charge is 0.142 e. The van der Waals surface area contributed by atoms with Gasteiger partial charge in [0.2, 0.25) is 0 Å². The fourth-order valence-corrected chi connectivity index (χ4v) is 1.72. The number of rotatable bonds is 4. The Kier molecular flexibility index (Phi) is 3.87. The van der Waals surface area contributed by atoms with Crippen molar-refractivity contribution >= 4 is 5.82 Å². The molecular formula is C14H14N4. The number of nitrogens with one attached hydrogen (secondary N) is 1. The van der Waals surface area contributed by atoms with E-state index in [9.17, 15) is 0 Å². The van der Waals surface area contributed by atoms with Gasteiger partial charge in [-0.05, 0) is 30.2 Å². The van der Waals surface area contributed by atoms with Gasteiger partial charge in [0.15, 0.2) is 0 Å². The van der Waals surface area contributed by atoms with Crippen LogP contribution in [-0.2, 0) is 13.0 Å². The van der Waals surface area contributed by atoms with Crippen LogP contribution in [0.2, 0.25) is 0 Å². The molecule has 4 nitrogen and oxygen atoms in total. The molecule has 0 radical (unpaired) electrons. The molecule has 0 spiro atoms. The first-order valence-electron chi connectivity index (χ1n) is 5.87. The second-order valence-electron chi connectivity index (χ2n) is 3.84. The van der Waals surface area contributed by atoms with E-state index in [-0.39, 0.29) is 0 Å². The highest BCUT2D eigenvalue weighted by molar-refractivity contribution is 5.39. The zero-order valence-corrected chi connectivity index (χ0v) is 10.2. The highest BCUT2D eigenvalue weighted by atomic mass is 15.0. The Balaban J connectivity index is 2.09. The highest BCUT2D eigenvalue weighted by Gasteiger charge is 2.02. The van der Waals surface area contributed by atoms with Gasteiger partial charge in [-0.1, -0.05) is 19.1 Å². The zero-order valence-electron chi connectivity index (χ0n) is 10.2. The van der Waals surface area contributed by atoms with Crippen LogP contribution in [0.3, 0.4) is 0 Å². The van der Waals surface area contributed by atoms with Crippen molar-refractivity contribution in [2.75, 3.05) is 5.32 Å². The van der Waals surface area contributed by atoms with Gasteiger partial charge in [-0.15, -0.1) is 0 Å². The summed E-state index contributed by atoms with van der Waals surface area (Å²) in [6.07, 6.45) is 2.74. The lowest BCUT2D eigenvalue weighted by molar-refractivity contribution is 0.964. The fourth-order valence-electron chi connectivity index (χ4n) is 1.72. The molecule has 2 heterocycles. The molecule has 4 heteroatoms. The van der Waals surface area contributed by atoms with Crippen LogP contribution in [0.25, 0.3) is 0 Å². The van der Waals surface area contributed by atoms with Crippen LogP contribution < -0.4 is 5.32 Å². The Labute approximate surface area is 106 Å². The number of anilines is 1. The summed E-state index contributed by atoms with van der Waals surface area (Å²) in [4.78, 5) is 8.51. The van der Waals surface area contributed by atoms with Crippen molar-refractivity contribution in [3.05, 3.63) is 53.5 Å². The van der Waals surface area contributed by atoms with Crippen molar-refractivity contribution in [1.82, 2.24) is 9.97 Å². The van der Waals surface area contributed by atoms with Crippen LogP contribution in [0.5, 0.6) is 0 Å². The molecule has 0 amide bonds. The summed E-state index contributed by atoms with van der Waals surface area (Å²) in [7, 11) is 0. The number of hydrogen-bond acceptors (Lipinski definition) is 4. The quantitative estimate of drug-likeness (QED) is 0.889. The number of nitriles is 1. The molecule has 0 bridgehead atoms. The van der Waals surface area contributed by atoms with Gasteiger partial charge in [0.25, 0.3) is 0 Å². The predicted molar refractivity (Wildman–Crippen MR) is 69.9 cm³/mol. The number of pyridine rings is 2. The number of aryl methyl sites for hydroxylation is 1. The first kappa shape index (κ1) is 12.1. The topological polar surface area (TPSA) is 61.6 Å². The average molecular weight is 238 g/mol. The summed E-state index contributed by atoms with van der Waals surface area (Å²) in [5.41, 5.74) is 2.65. The largest absolute Gasteiger partial charge is 0.364 e. The lowest BCUT2D eigenvalue weighted by Crippen LogP contribution is -2.06. The second kappa shape index (κ2) is 5.78. The maximum absolute atomic E-state index is 8.78. The van der Waals surface area contributed by atoms with Crippen molar-refractivity contribution in [1.29, 1.82) is 5.26 Å². The van der Waals surface area contributed by atoms with Crippen LogP contribution in [0.4, 0.5) is 5.82 Å². The molecule has 0 unspecified atom stereocenters. The Hall–Kier alpha value is -2.41. The predicted octanol–water partition coefficient (Wildman–Crippen LogP) is 2.52. The van der Waals surface area contributed by atoms with Crippen LogP contribution >= 0.6 is 0 Å². The van der Waals surface area contributed by atoms with E-state index >= 15 is 0 Å². The molecule has 0 saturated heterocycles. The maximum Gasteiger partial charge on any atom is 0.142 e. The lowest BCUT2D eigenvalue weighted by atomic mass is 10.1. The molecule has 0 saturated carbocycles. The minimum Gasteiger partial charge on any atom is -0.364 e. The summed E-state index contributed by atoms with van der Waals surface area (Å²) in [6.45, 7) is 2.72. The van der Waals surface area contributed by atoms with Crippen molar-refractivity contribution in [2.24, 2.45) is 0 Å². The van der Waals surface area contributed by atoms with Gasteiger partial charge in [0.05, 0.1) is 12.2 Å². The molecule has 2 aromatic heterocycles. The number of hydrogen-bond donors (Lipinski definition) is 1. The van der Waals surface area contributed by atoms with E-state index in [0.29, 0.717) is 18.1 Å². The van der Waals surface area contributed by atoms with Crippen LogP contribution in [-0.4, -0.2) is 9.97 Å². The SMILES string of the molecule is CCc1cccnc1CNc1cccc(C#N)n1. The van der Waals surface area contributed by atoms with Gasteiger partial charge < -0.3 is 5.32 Å². The Bertz CT molecular complexity index is 572. The average Bonchev–Trinajstić information content (AvgIpc) is 2.45. The van der Waals surface area contributed by atoms with Crippen molar-refractivity contribution in [2.45, 2.75) is 19.9 Å². The standard InChI is InChI=1S/C14H14N4/c1-2-11-5-4-8-16-13(11)10-17-14-7-3-6-12(9-15)18-14/h3-8H,2,10H2,1H3,(H,17,18). The van der Waals surface area contributed by atoms with Gasteiger partial charge in [-0.25, -0.2) is 4.98 Å². The van der Waals surface area contributed by atoms with Gasteiger partial charge in [0.1, 0.15) is 17.6 Å². The molecule has 0 aliphatic carbocycles. The fraction of sp³-hybridized carbons (Fsp3) is 0.214. The Morgan fingerprint density at radius 2 is 2.17 bits per heavy atom. The van der Waals surface area contributed by atoms with Crippen molar-refractivity contribution < 1.29 is 0 Å². The minimum atomic E-state index is 0.414. The molecule has 0 aliphatic heterocycles. The first-order valence-corrected chi connectivity index (χ1v) is 5.87. The van der Waals surface area contributed by atoms with Gasteiger partial charge in [0, 0.05) is 6.20 Å². The van der Waals surface area contributed by atoms with E-state index in [4.69, 9.17) is 5.26 Å². The van der Waals surface area contributed by atoms with Crippen molar-refractivity contribution in [3.63, 3.8) is 0 Å². The maximum atomic E-state index is 8.78. The van der Waals surface area contributed by atoms with E-state index in [2.05, 4.69) is 28.3 Å². The number of nitrogens with zero attached hydrogens (tertiary/aromatic N) is 3. The van der Waals surface area contributed by atoms with E-state index in [0.717, 1.165) is 12.1 Å². The third kappa shape index (κ3) is 2.83. The van der Waals surface area contributed by atoms with E-state index in [1.165, 1.54) is 5.56 Å². The van der Waals surface area contributed by atoms with E-state index < -0.39 is 0 Å². The summed E-state index contributed by atoms with van der Waals surface area (Å²) in [5, 5.41) is 12.0. The zero-order chi connectivity index (χ0) is 12.8. The van der Waals surface area contributed by atoms with Crippen LogP contribution in [0.1, 0.15) is 23.9 Å². The summed E-state index contributed by atoms with van der Waals surface area (Å²) in [6, 6.07) is 11.4. The first-order chi connectivity index (χ1) is 8.83. The minimum absolute atomic E-state index is 0.414. The molecule has 2 aromatic rings. The summed E-state index contributed by atoms with van der Waals surface area (Å²) < 4.78 is 0. The highest BCUT2D eigenvalue weighted by Crippen LogP contribution is 2.10. The summed E-state index contributed by atoms with van der Waals surface area (Å²) in [5.74, 6) is 0.696. The molecule has 0 aliphatic rings. The molecule has 1 N–H and O–H groups in total. The molecule has 2 rings (SSSR count). The molecule has 0 aromatic carbocycles. The molecular weight excluding hydrogens is 224 g/mol. The molecule has 0 atom stereocenters. The third-order valence-electron chi connectivity index (χ3n) is 2.67. The van der Waals surface area contributed by atoms with E-state index in [1.807, 2.05) is 24.3 Å². The van der Waals surface area contributed by atoms with Crippen LogP contribution in [0.15, 0.2) is 36.5 Å². The lowest BCUT2D eigenvalue weighted by Gasteiger charge is -2.08. The van der Waals surface area contributed by atoms with Crippen molar-refractivity contribution in [3.8, 4) is 6.07 Å². The second-order valence-corrected chi connectivity index (χ2v) is 3.84. The Morgan fingerprint density at radius 1 is 1.28 bits per heavy atom. The molecule has 18 heavy (non-hydrogen) atoms. The Morgan fingerprint density at radius 3 is 2.94 bits per heavy atom. The molecule has 0 fully saturated rings. The normalized spacial score (nSPS) is 9.78. The number of aromatic nitrogens is 2. The monoisotopic (exact) mass is 238 g/mol. The van der Waals surface area contributed by atoms with Gasteiger partial charge >= 0.3 is 0 Å².